The van der Waals surface area contributed by atoms with E-state index in [1.807, 2.05) is 25.7 Å². The van der Waals surface area contributed by atoms with E-state index in [4.69, 9.17) is 16.7 Å². The zero-order valence-corrected chi connectivity index (χ0v) is 8.51. The molecule has 1 unspecified atom stereocenters. The average Bonchev–Trinajstić information content (AvgIpc) is 1.98. The molecule has 3 nitrogen and oxygen atoms in total. The lowest BCUT2D eigenvalue weighted by Crippen LogP contribution is -2.38. The fourth-order valence-electron chi connectivity index (χ4n) is 0.989. The van der Waals surface area contributed by atoms with E-state index >= 15 is 0 Å². The Kier molecular flexibility index (Phi) is 5.25. The molecule has 0 saturated carbocycles. The molecule has 0 radical (unpaired) electrons. The van der Waals surface area contributed by atoms with Crippen LogP contribution in [0.5, 0.6) is 0 Å². The van der Waals surface area contributed by atoms with Gasteiger partial charge in [0.15, 0.2) is 0 Å². The second-order valence-corrected chi connectivity index (χ2v) is 3.51. The minimum absolute atomic E-state index is 0.343. The smallest absolute Gasteiger partial charge is 0.322 e. The standard InChI is InChI=1S/C8H16ClNO2/c1-4-10(6(2)3)5-7(9)8(11)12/h6-7H,4-5H2,1-3H3,(H,11,12). The van der Waals surface area contributed by atoms with E-state index in [2.05, 4.69) is 0 Å². The van der Waals surface area contributed by atoms with Gasteiger partial charge < -0.3 is 5.11 Å². The zero-order valence-electron chi connectivity index (χ0n) is 7.75. The summed E-state index contributed by atoms with van der Waals surface area (Å²) >= 11 is 5.59. The molecular formula is C8H16ClNO2. The predicted octanol–water partition coefficient (Wildman–Crippen LogP) is 1.41. The van der Waals surface area contributed by atoms with Crippen LogP contribution in [0.15, 0.2) is 0 Å². The van der Waals surface area contributed by atoms with Crippen molar-refractivity contribution in [3.05, 3.63) is 0 Å². The van der Waals surface area contributed by atoms with Gasteiger partial charge in [0.2, 0.25) is 0 Å². The fraction of sp³-hybridized carbons (Fsp3) is 0.875. The first-order valence-corrected chi connectivity index (χ1v) is 4.53. The van der Waals surface area contributed by atoms with Crippen LogP contribution in [0.3, 0.4) is 0 Å². The largest absolute Gasteiger partial charge is 0.480 e. The summed E-state index contributed by atoms with van der Waals surface area (Å²) in [4.78, 5) is 12.4. The van der Waals surface area contributed by atoms with Crippen LogP contribution in [0.4, 0.5) is 0 Å². The summed E-state index contributed by atoms with van der Waals surface area (Å²) in [6, 6.07) is 0.343. The van der Waals surface area contributed by atoms with Gasteiger partial charge in [0.05, 0.1) is 0 Å². The minimum Gasteiger partial charge on any atom is -0.480 e. The van der Waals surface area contributed by atoms with Crippen molar-refractivity contribution in [1.82, 2.24) is 4.90 Å². The molecule has 1 N–H and O–H groups in total. The highest BCUT2D eigenvalue weighted by molar-refractivity contribution is 6.29. The Morgan fingerprint density at radius 3 is 2.33 bits per heavy atom. The number of carboxylic acids is 1. The molecule has 1 atom stereocenters. The normalized spacial score (nSPS) is 13.8. The topological polar surface area (TPSA) is 40.5 Å². The monoisotopic (exact) mass is 193 g/mol. The molecule has 0 aromatic heterocycles. The molecule has 0 aromatic rings. The SMILES string of the molecule is CCN(CC(Cl)C(=O)O)C(C)C. The molecule has 4 heteroatoms. The van der Waals surface area contributed by atoms with Gasteiger partial charge in [-0.05, 0) is 20.4 Å². The number of nitrogens with zero attached hydrogens (tertiary/aromatic N) is 1. The highest BCUT2D eigenvalue weighted by Crippen LogP contribution is 2.04. The number of rotatable bonds is 5. The van der Waals surface area contributed by atoms with Gasteiger partial charge in [-0.2, -0.15) is 0 Å². The number of carboxylic acid groups (broad SMARTS) is 1. The van der Waals surface area contributed by atoms with Gasteiger partial charge >= 0.3 is 5.97 Å². The van der Waals surface area contributed by atoms with Crippen LogP contribution in [-0.4, -0.2) is 40.5 Å². The van der Waals surface area contributed by atoms with Crippen LogP contribution in [-0.2, 0) is 4.79 Å². The van der Waals surface area contributed by atoms with E-state index in [0.717, 1.165) is 6.54 Å². The van der Waals surface area contributed by atoms with Crippen molar-refractivity contribution in [2.24, 2.45) is 0 Å². The first kappa shape index (κ1) is 11.7. The zero-order chi connectivity index (χ0) is 9.72. The summed E-state index contributed by atoms with van der Waals surface area (Å²) in [6.45, 7) is 7.27. The molecule has 0 saturated heterocycles. The molecule has 72 valence electrons. The van der Waals surface area contributed by atoms with Crippen LogP contribution in [0.1, 0.15) is 20.8 Å². The third-order valence-electron chi connectivity index (χ3n) is 1.80. The first-order chi connectivity index (χ1) is 5.49. The van der Waals surface area contributed by atoms with Crippen molar-refractivity contribution in [2.75, 3.05) is 13.1 Å². The van der Waals surface area contributed by atoms with E-state index in [-0.39, 0.29) is 0 Å². The van der Waals surface area contributed by atoms with Crippen molar-refractivity contribution in [3.8, 4) is 0 Å². The molecule has 0 amide bonds. The Balaban J connectivity index is 3.93. The maximum Gasteiger partial charge on any atom is 0.322 e. The number of halogens is 1. The van der Waals surface area contributed by atoms with Crippen LogP contribution < -0.4 is 0 Å². The summed E-state index contributed by atoms with van der Waals surface area (Å²) in [5.74, 6) is -0.948. The van der Waals surface area contributed by atoms with Gasteiger partial charge in [0.25, 0.3) is 0 Å². The maximum absolute atomic E-state index is 10.4. The minimum atomic E-state index is -0.948. The Morgan fingerprint density at radius 2 is 2.08 bits per heavy atom. The van der Waals surface area contributed by atoms with Crippen LogP contribution in [0.25, 0.3) is 0 Å². The number of hydrogen-bond acceptors (Lipinski definition) is 2. The molecule has 0 fully saturated rings. The average molecular weight is 194 g/mol. The van der Waals surface area contributed by atoms with Crippen LogP contribution >= 0.6 is 11.6 Å². The number of carbonyl (C=O) groups is 1. The molecule has 0 aromatic carbocycles. The third-order valence-corrected chi connectivity index (χ3v) is 2.12. The molecule has 0 heterocycles. The summed E-state index contributed by atoms with van der Waals surface area (Å²) < 4.78 is 0. The molecule has 0 bridgehead atoms. The molecular weight excluding hydrogens is 178 g/mol. The van der Waals surface area contributed by atoms with Crippen molar-refractivity contribution >= 4 is 17.6 Å². The van der Waals surface area contributed by atoms with Gasteiger partial charge in [0.1, 0.15) is 5.38 Å². The lowest BCUT2D eigenvalue weighted by Gasteiger charge is -2.25. The molecule has 12 heavy (non-hydrogen) atoms. The van der Waals surface area contributed by atoms with Crippen molar-refractivity contribution in [3.63, 3.8) is 0 Å². The van der Waals surface area contributed by atoms with E-state index < -0.39 is 11.3 Å². The van der Waals surface area contributed by atoms with Gasteiger partial charge in [-0.3, -0.25) is 9.69 Å². The van der Waals surface area contributed by atoms with Gasteiger partial charge in [-0.1, -0.05) is 6.92 Å². The van der Waals surface area contributed by atoms with Crippen molar-refractivity contribution < 1.29 is 9.90 Å². The third kappa shape index (κ3) is 3.93. The predicted molar refractivity (Wildman–Crippen MR) is 49.7 cm³/mol. The summed E-state index contributed by atoms with van der Waals surface area (Å²) in [5, 5.41) is 7.75. The summed E-state index contributed by atoms with van der Waals surface area (Å²) in [5.41, 5.74) is 0. The Bertz CT molecular complexity index is 150. The highest BCUT2D eigenvalue weighted by atomic mass is 35.5. The summed E-state index contributed by atoms with van der Waals surface area (Å²) in [7, 11) is 0. The molecule has 0 aliphatic heterocycles. The molecule has 0 aliphatic carbocycles. The lowest BCUT2D eigenvalue weighted by atomic mass is 10.3. The molecule has 0 aliphatic rings. The molecule has 0 spiro atoms. The van der Waals surface area contributed by atoms with Crippen LogP contribution in [0, 0.1) is 0 Å². The van der Waals surface area contributed by atoms with E-state index in [1.165, 1.54) is 0 Å². The highest BCUT2D eigenvalue weighted by Gasteiger charge is 2.18. The quantitative estimate of drug-likeness (QED) is 0.672. The Labute approximate surface area is 78.3 Å². The van der Waals surface area contributed by atoms with E-state index in [1.54, 1.807) is 0 Å². The number of hydrogen-bond donors (Lipinski definition) is 1. The fourth-order valence-corrected chi connectivity index (χ4v) is 1.17. The van der Waals surface area contributed by atoms with E-state index in [9.17, 15) is 4.79 Å². The maximum atomic E-state index is 10.4. The van der Waals surface area contributed by atoms with Gasteiger partial charge in [0, 0.05) is 12.6 Å². The Hall–Kier alpha value is -0.280. The van der Waals surface area contributed by atoms with E-state index in [0.29, 0.717) is 12.6 Å². The summed E-state index contributed by atoms with van der Waals surface area (Å²) in [6.07, 6.45) is 0. The Morgan fingerprint density at radius 1 is 1.58 bits per heavy atom. The molecule has 0 rings (SSSR count). The second kappa shape index (κ2) is 5.38. The second-order valence-electron chi connectivity index (χ2n) is 2.99. The van der Waals surface area contributed by atoms with Crippen LogP contribution in [0.2, 0.25) is 0 Å². The van der Waals surface area contributed by atoms with Crippen molar-refractivity contribution in [1.29, 1.82) is 0 Å². The van der Waals surface area contributed by atoms with Gasteiger partial charge in [-0.25, -0.2) is 0 Å². The first-order valence-electron chi connectivity index (χ1n) is 4.10. The lowest BCUT2D eigenvalue weighted by molar-refractivity contribution is -0.137. The van der Waals surface area contributed by atoms with Crippen molar-refractivity contribution in [2.45, 2.75) is 32.2 Å². The number of aliphatic carboxylic acids is 1. The number of alkyl halides is 1. The van der Waals surface area contributed by atoms with Gasteiger partial charge in [-0.15, -0.1) is 11.6 Å².